The van der Waals surface area contributed by atoms with E-state index in [0.29, 0.717) is 12.0 Å². The zero-order chi connectivity index (χ0) is 11.3. The predicted octanol–water partition coefficient (Wildman–Crippen LogP) is -0.861. The smallest absolute Gasteiger partial charge is 0.315 e. The Bertz CT molecular complexity index is 593. The number of likely N-dealkylation sites (N-methyl/N-ethyl adjacent to an activating group) is 1. The molecule has 0 amide bonds. The standard InChI is InChI=1S/C12H17N3O/c1-7-3-8-5-9(13-2)6-15-11(8)10(4-7)14-12(15)16/h4,7,9,13H,3,5-6H2,1-2H3,(H,14,16)/t7?,9-/m1/s1. The molecule has 2 aliphatic rings. The number of imidazole rings is 1. The van der Waals surface area contributed by atoms with Crippen molar-refractivity contribution >= 4 is 11.6 Å². The fraction of sp³-hybridized carbons (Fsp3) is 0.583. The number of H-pyrrole nitrogens is 1. The van der Waals surface area contributed by atoms with Crippen molar-refractivity contribution in [2.45, 2.75) is 32.4 Å². The van der Waals surface area contributed by atoms with Crippen LogP contribution in [0.2, 0.25) is 0 Å². The van der Waals surface area contributed by atoms with Gasteiger partial charge in [0.2, 0.25) is 0 Å². The highest BCUT2D eigenvalue weighted by atomic mass is 16.1. The molecular weight excluding hydrogens is 202 g/mol. The van der Waals surface area contributed by atoms with E-state index in [1.54, 1.807) is 0 Å². The van der Waals surface area contributed by atoms with Crippen LogP contribution in [-0.2, 0) is 6.54 Å². The fourth-order valence-electron chi connectivity index (χ4n) is 2.95. The van der Waals surface area contributed by atoms with Crippen LogP contribution in [0.4, 0.5) is 0 Å². The molecule has 1 aliphatic heterocycles. The zero-order valence-corrected chi connectivity index (χ0v) is 9.71. The first-order chi connectivity index (χ1) is 7.69. The largest absolute Gasteiger partial charge is 0.326 e. The van der Waals surface area contributed by atoms with E-state index in [4.69, 9.17) is 0 Å². The van der Waals surface area contributed by atoms with Crippen molar-refractivity contribution in [1.29, 1.82) is 0 Å². The molecule has 0 saturated heterocycles. The van der Waals surface area contributed by atoms with Crippen LogP contribution in [0.25, 0.3) is 11.6 Å². The van der Waals surface area contributed by atoms with Gasteiger partial charge >= 0.3 is 5.69 Å². The van der Waals surface area contributed by atoms with E-state index in [9.17, 15) is 4.79 Å². The van der Waals surface area contributed by atoms with E-state index >= 15 is 0 Å². The number of hydrogen-bond donors (Lipinski definition) is 2. The Morgan fingerprint density at radius 3 is 3.06 bits per heavy atom. The number of hydrogen-bond acceptors (Lipinski definition) is 2. The van der Waals surface area contributed by atoms with Crippen molar-refractivity contribution in [1.82, 2.24) is 14.9 Å². The summed E-state index contributed by atoms with van der Waals surface area (Å²) in [6.45, 7) is 2.99. The van der Waals surface area contributed by atoms with E-state index in [0.717, 1.165) is 30.1 Å². The monoisotopic (exact) mass is 219 g/mol. The molecule has 3 rings (SSSR count). The molecule has 4 heteroatoms. The molecule has 16 heavy (non-hydrogen) atoms. The Labute approximate surface area is 93.7 Å². The lowest BCUT2D eigenvalue weighted by molar-refractivity contribution is 0.449. The van der Waals surface area contributed by atoms with Crippen molar-refractivity contribution in [3.8, 4) is 0 Å². The van der Waals surface area contributed by atoms with Crippen LogP contribution in [0, 0.1) is 5.92 Å². The molecule has 0 spiro atoms. The summed E-state index contributed by atoms with van der Waals surface area (Å²) in [6.07, 6.45) is 4.33. The highest BCUT2D eigenvalue weighted by molar-refractivity contribution is 5.51. The van der Waals surface area contributed by atoms with Gasteiger partial charge in [-0.25, -0.2) is 4.79 Å². The molecule has 86 valence electrons. The summed E-state index contributed by atoms with van der Waals surface area (Å²) >= 11 is 0. The van der Waals surface area contributed by atoms with Crippen LogP contribution in [0.1, 0.15) is 19.8 Å². The molecule has 2 N–H and O–H groups in total. The van der Waals surface area contributed by atoms with Crippen molar-refractivity contribution in [3.63, 3.8) is 0 Å². The number of rotatable bonds is 1. The Kier molecular flexibility index (Phi) is 2.07. The lowest BCUT2D eigenvalue weighted by Crippen LogP contribution is -2.47. The molecule has 2 atom stereocenters. The predicted molar refractivity (Wildman–Crippen MR) is 63.4 cm³/mol. The van der Waals surface area contributed by atoms with E-state index in [1.807, 2.05) is 11.6 Å². The molecule has 0 radical (unpaired) electrons. The first-order valence-corrected chi connectivity index (χ1v) is 5.89. The average molecular weight is 219 g/mol. The van der Waals surface area contributed by atoms with Gasteiger partial charge in [0.1, 0.15) is 0 Å². The number of aromatic amines is 1. The molecule has 1 aliphatic carbocycles. The highest BCUT2D eigenvalue weighted by Gasteiger charge is 2.23. The highest BCUT2D eigenvalue weighted by Crippen LogP contribution is 2.21. The average Bonchev–Trinajstić information content (AvgIpc) is 2.56. The van der Waals surface area contributed by atoms with Gasteiger partial charge < -0.3 is 10.3 Å². The maximum atomic E-state index is 11.8. The molecule has 2 heterocycles. The molecular formula is C12H17N3O. The molecule has 0 saturated carbocycles. The van der Waals surface area contributed by atoms with Gasteiger partial charge in [-0.1, -0.05) is 13.0 Å². The maximum absolute atomic E-state index is 11.8. The first kappa shape index (κ1) is 9.90. The fourth-order valence-corrected chi connectivity index (χ4v) is 2.95. The van der Waals surface area contributed by atoms with Gasteiger partial charge in [-0.2, -0.15) is 0 Å². The zero-order valence-electron chi connectivity index (χ0n) is 9.71. The minimum Gasteiger partial charge on any atom is -0.315 e. The van der Waals surface area contributed by atoms with Gasteiger partial charge in [-0.3, -0.25) is 4.57 Å². The quantitative estimate of drug-likeness (QED) is 0.646. The number of aromatic nitrogens is 2. The van der Waals surface area contributed by atoms with Crippen LogP contribution in [0.5, 0.6) is 0 Å². The second kappa shape index (κ2) is 3.35. The normalized spacial score (nSPS) is 27.5. The van der Waals surface area contributed by atoms with Crippen LogP contribution in [0.15, 0.2) is 4.79 Å². The third kappa shape index (κ3) is 1.29. The Hall–Kier alpha value is -1.29. The summed E-state index contributed by atoms with van der Waals surface area (Å²) in [5, 5.41) is 5.48. The second-order valence-electron chi connectivity index (χ2n) is 4.94. The third-order valence-corrected chi connectivity index (χ3v) is 3.67. The van der Waals surface area contributed by atoms with Crippen LogP contribution >= 0.6 is 0 Å². The Balaban J connectivity index is 2.30. The van der Waals surface area contributed by atoms with Crippen LogP contribution in [0.3, 0.4) is 0 Å². The summed E-state index contributed by atoms with van der Waals surface area (Å²) in [5.74, 6) is 0.532. The number of nitrogens with one attached hydrogen (secondary N) is 2. The summed E-state index contributed by atoms with van der Waals surface area (Å²) in [6, 6.07) is 0.397. The van der Waals surface area contributed by atoms with Gasteiger partial charge in [0.15, 0.2) is 0 Å². The molecule has 0 aromatic carbocycles. The van der Waals surface area contributed by atoms with Gasteiger partial charge in [0, 0.05) is 12.6 Å². The van der Waals surface area contributed by atoms with Gasteiger partial charge in [-0.15, -0.1) is 0 Å². The minimum atomic E-state index is 0.0350. The van der Waals surface area contributed by atoms with E-state index < -0.39 is 0 Å². The number of nitrogens with zero attached hydrogens (tertiary/aromatic N) is 1. The maximum Gasteiger partial charge on any atom is 0.326 e. The SMILES string of the molecule is CN[C@@H]1CC2=c3c([nH]c(=O)n3C1)=CC(C)C2. The Morgan fingerprint density at radius 2 is 2.31 bits per heavy atom. The topological polar surface area (TPSA) is 49.8 Å². The molecule has 1 unspecified atom stereocenters. The van der Waals surface area contributed by atoms with Crippen molar-refractivity contribution in [2.24, 2.45) is 5.92 Å². The molecule has 4 nitrogen and oxygen atoms in total. The molecule has 1 aromatic heterocycles. The lowest BCUT2D eigenvalue weighted by atomic mass is 9.90. The molecule has 0 fully saturated rings. The van der Waals surface area contributed by atoms with Crippen molar-refractivity contribution in [2.75, 3.05) is 7.05 Å². The summed E-state index contributed by atoms with van der Waals surface area (Å²) in [5.41, 5.74) is 1.46. The van der Waals surface area contributed by atoms with Crippen LogP contribution in [-0.4, -0.2) is 22.6 Å². The summed E-state index contributed by atoms with van der Waals surface area (Å²) in [4.78, 5) is 14.8. The van der Waals surface area contributed by atoms with E-state index in [-0.39, 0.29) is 5.69 Å². The lowest BCUT2D eigenvalue weighted by Gasteiger charge is -2.26. The van der Waals surface area contributed by atoms with E-state index in [1.165, 1.54) is 5.57 Å². The van der Waals surface area contributed by atoms with Crippen LogP contribution < -0.4 is 21.7 Å². The van der Waals surface area contributed by atoms with Gasteiger partial charge in [0.05, 0.1) is 10.7 Å². The molecule has 1 aromatic rings. The second-order valence-corrected chi connectivity index (χ2v) is 4.94. The third-order valence-electron chi connectivity index (χ3n) is 3.67. The Morgan fingerprint density at radius 1 is 1.50 bits per heavy atom. The van der Waals surface area contributed by atoms with Gasteiger partial charge in [-0.05, 0) is 31.4 Å². The van der Waals surface area contributed by atoms with E-state index in [2.05, 4.69) is 23.3 Å². The molecule has 0 bridgehead atoms. The minimum absolute atomic E-state index is 0.0350. The van der Waals surface area contributed by atoms with Crippen molar-refractivity contribution in [3.05, 3.63) is 21.2 Å². The summed E-state index contributed by atoms with van der Waals surface area (Å²) < 4.78 is 1.89. The van der Waals surface area contributed by atoms with Gasteiger partial charge in [0.25, 0.3) is 0 Å². The van der Waals surface area contributed by atoms with Crippen molar-refractivity contribution < 1.29 is 0 Å². The summed E-state index contributed by atoms with van der Waals surface area (Å²) in [7, 11) is 1.97. The first-order valence-electron chi connectivity index (χ1n) is 5.89.